The van der Waals surface area contributed by atoms with Crippen LogP contribution in [0.25, 0.3) is 0 Å². The number of carbonyl (C=O) groups excluding carboxylic acids is 2. The molecule has 1 N–H and O–H groups in total. The van der Waals surface area contributed by atoms with Crippen molar-refractivity contribution < 1.29 is 23.1 Å². The van der Waals surface area contributed by atoms with Gasteiger partial charge in [0.2, 0.25) is 0 Å². The van der Waals surface area contributed by atoms with Gasteiger partial charge in [-0.1, -0.05) is 18.2 Å². The van der Waals surface area contributed by atoms with Crippen LogP contribution in [0.15, 0.2) is 36.4 Å². The number of esters is 1. The lowest BCUT2D eigenvalue weighted by Gasteiger charge is -2.08. The number of amides is 1. The molecule has 0 radical (unpaired) electrons. The van der Waals surface area contributed by atoms with Gasteiger partial charge < -0.3 is 10.1 Å². The molecule has 0 bridgehead atoms. The van der Waals surface area contributed by atoms with Crippen LogP contribution in [0, 0.1) is 11.6 Å². The zero-order chi connectivity index (χ0) is 17.8. The summed E-state index contributed by atoms with van der Waals surface area (Å²) in [6.45, 7) is -0.527. The fourth-order valence-electron chi connectivity index (χ4n) is 2.88. The van der Waals surface area contributed by atoms with Gasteiger partial charge in [0.15, 0.2) is 6.61 Å². The Kier molecular flexibility index (Phi) is 5.07. The van der Waals surface area contributed by atoms with E-state index >= 15 is 0 Å². The van der Waals surface area contributed by atoms with Gasteiger partial charge in [-0.05, 0) is 48.1 Å². The Morgan fingerprint density at radius 1 is 1.04 bits per heavy atom. The Hall–Kier alpha value is -2.76. The average molecular weight is 345 g/mol. The summed E-state index contributed by atoms with van der Waals surface area (Å²) in [4.78, 5) is 23.6. The van der Waals surface area contributed by atoms with E-state index in [2.05, 4.69) is 5.32 Å². The Bertz CT molecular complexity index is 820. The third-order valence-corrected chi connectivity index (χ3v) is 4.08. The second kappa shape index (κ2) is 7.42. The molecule has 130 valence electrons. The van der Waals surface area contributed by atoms with Crippen LogP contribution in [0.5, 0.6) is 0 Å². The minimum atomic E-state index is -0.891. The molecule has 0 fully saturated rings. The van der Waals surface area contributed by atoms with E-state index in [9.17, 15) is 18.4 Å². The molecule has 0 saturated carbocycles. The molecule has 0 heterocycles. The van der Waals surface area contributed by atoms with E-state index < -0.39 is 30.1 Å². The molecule has 0 spiro atoms. The predicted molar refractivity (Wildman–Crippen MR) is 88.1 cm³/mol. The lowest BCUT2D eigenvalue weighted by molar-refractivity contribution is -0.146. The topological polar surface area (TPSA) is 55.4 Å². The molecule has 1 aliphatic carbocycles. The molecular formula is C19H17F2NO3. The Morgan fingerprint density at radius 2 is 1.84 bits per heavy atom. The highest BCUT2D eigenvalue weighted by atomic mass is 19.1. The molecule has 0 unspecified atom stereocenters. The van der Waals surface area contributed by atoms with Crippen molar-refractivity contribution in [3.8, 4) is 0 Å². The van der Waals surface area contributed by atoms with Gasteiger partial charge >= 0.3 is 5.97 Å². The fourth-order valence-corrected chi connectivity index (χ4v) is 2.88. The van der Waals surface area contributed by atoms with E-state index in [1.807, 2.05) is 18.2 Å². The molecule has 1 amide bonds. The van der Waals surface area contributed by atoms with Crippen LogP contribution in [0.2, 0.25) is 0 Å². The van der Waals surface area contributed by atoms with E-state index in [0.29, 0.717) is 6.07 Å². The first-order valence-electron chi connectivity index (χ1n) is 8.02. The van der Waals surface area contributed by atoms with Crippen LogP contribution < -0.4 is 5.32 Å². The van der Waals surface area contributed by atoms with Crippen molar-refractivity contribution in [3.05, 3.63) is 64.7 Å². The second-order valence-electron chi connectivity index (χ2n) is 5.97. The van der Waals surface area contributed by atoms with Crippen LogP contribution in [-0.4, -0.2) is 18.5 Å². The third kappa shape index (κ3) is 4.41. The molecule has 4 nitrogen and oxygen atoms in total. The first kappa shape index (κ1) is 17.1. The summed E-state index contributed by atoms with van der Waals surface area (Å²) in [6, 6.07) is 8.70. The van der Waals surface area contributed by atoms with Gasteiger partial charge in [-0.3, -0.25) is 9.59 Å². The maximum absolute atomic E-state index is 13.4. The van der Waals surface area contributed by atoms with Crippen molar-refractivity contribution in [3.63, 3.8) is 0 Å². The Balaban J connectivity index is 1.49. The van der Waals surface area contributed by atoms with Crippen molar-refractivity contribution in [2.45, 2.75) is 25.7 Å². The van der Waals surface area contributed by atoms with E-state index in [1.54, 1.807) is 0 Å². The van der Waals surface area contributed by atoms with Crippen LogP contribution in [0.1, 0.15) is 23.1 Å². The van der Waals surface area contributed by atoms with Crippen LogP contribution in [-0.2, 0) is 33.6 Å². The third-order valence-electron chi connectivity index (χ3n) is 4.08. The summed E-state index contributed by atoms with van der Waals surface area (Å²) >= 11 is 0. The molecule has 1 aliphatic rings. The number of benzene rings is 2. The maximum atomic E-state index is 13.4. The number of halogens is 2. The molecule has 25 heavy (non-hydrogen) atoms. The molecule has 0 aliphatic heterocycles. The first-order valence-corrected chi connectivity index (χ1v) is 8.02. The molecule has 6 heteroatoms. The fraction of sp³-hybridized carbons (Fsp3) is 0.263. The quantitative estimate of drug-likeness (QED) is 0.847. The van der Waals surface area contributed by atoms with Gasteiger partial charge in [-0.2, -0.15) is 0 Å². The molecule has 3 rings (SSSR count). The summed E-state index contributed by atoms with van der Waals surface area (Å²) in [5, 5.41) is 2.23. The van der Waals surface area contributed by atoms with Crippen LogP contribution in [0.3, 0.4) is 0 Å². The number of rotatable bonds is 5. The maximum Gasteiger partial charge on any atom is 0.310 e. The zero-order valence-electron chi connectivity index (χ0n) is 13.5. The van der Waals surface area contributed by atoms with Gasteiger partial charge in [0.05, 0.1) is 12.1 Å². The van der Waals surface area contributed by atoms with Crippen molar-refractivity contribution in [1.29, 1.82) is 0 Å². The van der Waals surface area contributed by atoms with Gasteiger partial charge in [-0.15, -0.1) is 0 Å². The van der Waals surface area contributed by atoms with Crippen molar-refractivity contribution in [2.75, 3.05) is 11.9 Å². The van der Waals surface area contributed by atoms with E-state index in [4.69, 9.17) is 4.74 Å². The highest BCUT2D eigenvalue weighted by Gasteiger charge is 2.14. The second-order valence-corrected chi connectivity index (χ2v) is 5.97. The van der Waals surface area contributed by atoms with Gasteiger partial charge in [0.25, 0.3) is 5.91 Å². The normalized spacial score (nSPS) is 12.6. The first-order chi connectivity index (χ1) is 12.0. The van der Waals surface area contributed by atoms with Gasteiger partial charge in [0, 0.05) is 6.07 Å². The van der Waals surface area contributed by atoms with Crippen molar-refractivity contribution >= 4 is 17.6 Å². The molecule has 0 aromatic heterocycles. The number of anilines is 1. The highest BCUT2D eigenvalue weighted by Crippen LogP contribution is 2.23. The lowest BCUT2D eigenvalue weighted by Crippen LogP contribution is -2.22. The molecule has 0 saturated heterocycles. The highest BCUT2D eigenvalue weighted by molar-refractivity contribution is 5.93. The van der Waals surface area contributed by atoms with Gasteiger partial charge in [-0.25, -0.2) is 8.78 Å². The summed E-state index contributed by atoms with van der Waals surface area (Å²) in [7, 11) is 0. The monoisotopic (exact) mass is 345 g/mol. The number of carbonyl (C=O) groups is 2. The summed E-state index contributed by atoms with van der Waals surface area (Å²) in [6.07, 6.45) is 3.29. The zero-order valence-corrected chi connectivity index (χ0v) is 13.5. The summed E-state index contributed by atoms with van der Waals surface area (Å²) in [5.74, 6) is -2.85. The van der Waals surface area contributed by atoms with Crippen molar-refractivity contribution in [1.82, 2.24) is 0 Å². The molecule has 2 aromatic carbocycles. The number of nitrogens with one attached hydrogen (secondary N) is 1. The summed E-state index contributed by atoms with van der Waals surface area (Å²) < 4.78 is 31.2. The SMILES string of the molecule is O=C(COC(=O)Cc1ccc2c(c1)CCC2)Nc1ccc(F)cc1F. The minimum absolute atomic E-state index is 0.0749. The Morgan fingerprint density at radius 3 is 2.64 bits per heavy atom. The number of fused-ring (bicyclic) bond motifs is 1. The predicted octanol–water partition coefficient (Wildman–Crippen LogP) is 3.18. The van der Waals surface area contributed by atoms with Gasteiger partial charge in [0.1, 0.15) is 11.6 Å². The Labute approximate surface area is 143 Å². The van der Waals surface area contributed by atoms with Crippen LogP contribution >= 0.6 is 0 Å². The number of hydrogen-bond acceptors (Lipinski definition) is 3. The van der Waals surface area contributed by atoms with E-state index in [0.717, 1.165) is 37.0 Å². The van der Waals surface area contributed by atoms with E-state index in [1.165, 1.54) is 11.1 Å². The van der Waals surface area contributed by atoms with Crippen LogP contribution in [0.4, 0.5) is 14.5 Å². The summed E-state index contributed by atoms with van der Waals surface area (Å²) in [5.41, 5.74) is 3.25. The molecular weight excluding hydrogens is 328 g/mol. The lowest BCUT2D eigenvalue weighted by atomic mass is 10.0. The number of aryl methyl sites for hydroxylation is 2. The smallest absolute Gasteiger partial charge is 0.310 e. The van der Waals surface area contributed by atoms with E-state index in [-0.39, 0.29) is 12.1 Å². The largest absolute Gasteiger partial charge is 0.455 e. The molecule has 0 atom stereocenters. The number of hydrogen-bond donors (Lipinski definition) is 1. The average Bonchev–Trinajstić information content (AvgIpc) is 3.03. The minimum Gasteiger partial charge on any atom is -0.455 e. The van der Waals surface area contributed by atoms with Crippen molar-refractivity contribution in [2.24, 2.45) is 0 Å². The molecule has 2 aromatic rings. The number of ether oxygens (including phenoxy) is 1. The standard InChI is InChI=1S/C19H17F2NO3/c20-15-6-7-17(16(21)10-15)22-18(23)11-25-19(24)9-12-4-5-13-2-1-3-14(13)8-12/h4-8,10H,1-3,9,11H2,(H,22,23).